The van der Waals surface area contributed by atoms with E-state index in [1.54, 1.807) is 42.5 Å². The number of likely N-dealkylation sites (N-methyl/N-ethyl adjacent to an activating group) is 1. The summed E-state index contributed by atoms with van der Waals surface area (Å²) in [4.78, 5) is 47.9. The Morgan fingerprint density at radius 2 is 1.50 bits per heavy atom. The zero-order valence-corrected chi connectivity index (χ0v) is 30.0. The number of rotatable bonds is 13. The number of alkyl halides is 6. The number of carboxylic acid groups (broad SMARTS) is 2. The molecule has 0 fully saturated rings. The molecule has 0 saturated heterocycles. The van der Waals surface area contributed by atoms with Gasteiger partial charge in [-0.15, -0.1) is 5.10 Å². The number of aromatic amines is 1. The van der Waals surface area contributed by atoms with Crippen molar-refractivity contribution in [3.05, 3.63) is 99.7 Å². The van der Waals surface area contributed by atoms with Gasteiger partial charge < -0.3 is 41.4 Å². The summed E-state index contributed by atoms with van der Waals surface area (Å²) in [7, 11) is 3.96. The van der Waals surface area contributed by atoms with E-state index in [2.05, 4.69) is 15.4 Å². The maximum atomic E-state index is 13.1. The number of carbonyl (C=O) groups is 3. The van der Waals surface area contributed by atoms with Crippen LogP contribution in [-0.2, 0) is 9.59 Å². The van der Waals surface area contributed by atoms with Crippen LogP contribution in [0.3, 0.4) is 0 Å². The first-order valence-corrected chi connectivity index (χ1v) is 15.9. The number of amidine groups is 1. The van der Waals surface area contributed by atoms with E-state index in [-0.39, 0.29) is 29.0 Å². The van der Waals surface area contributed by atoms with Crippen LogP contribution in [0.4, 0.5) is 32.0 Å². The van der Waals surface area contributed by atoms with Gasteiger partial charge in [-0.1, -0.05) is 18.2 Å². The van der Waals surface area contributed by atoms with E-state index in [1.165, 1.54) is 6.07 Å². The SMILES string of the molecule is CCOc1cc(C(Nc2ccc(C(=N)N)cc2)c2nn(-c3ccccc3C(N)=O)c(=O)[nH]2)ccc1OC(C)CN(C)C.O=C(O)C(F)(F)F.O=C(O)C(F)(F)F. The van der Waals surface area contributed by atoms with Crippen LogP contribution in [0.15, 0.2) is 71.5 Å². The summed E-state index contributed by atoms with van der Waals surface area (Å²) in [6.45, 7) is 5.02. The zero-order valence-electron chi connectivity index (χ0n) is 30.0. The van der Waals surface area contributed by atoms with Crippen LogP contribution in [0.1, 0.15) is 47.2 Å². The van der Waals surface area contributed by atoms with Crippen LogP contribution in [0, 0.1) is 5.41 Å². The topological polar surface area (TPSA) is 252 Å². The van der Waals surface area contributed by atoms with Gasteiger partial charge in [-0.05, 0) is 82.0 Å². The van der Waals surface area contributed by atoms with Gasteiger partial charge in [-0.25, -0.2) is 14.4 Å². The van der Waals surface area contributed by atoms with Crippen LogP contribution in [0.25, 0.3) is 5.69 Å². The fourth-order valence-corrected chi connectivity index (χ4v) is 4.56. The van der Waals surface area contributed by atoms with Gasteiger partial charge in [0.05, 0.1) is 17.9 Å². The zero-order chi connectivity index (χ0) is 42.5. The third-order valence-electron chi connectivity index (χ3n) is 6.85. The normalized spacial score (nSPS) is 12.2. The Kier molecular flexibility index (Phi) is 16.0. The number of primary amides is 1. The Balaban J connectivity index is 0.000000657. The average molecular weight is 801 g/mol. The summed E-state index contributed by atoms with van der Waals surface area (Å²) in [5.74, 6) is -4.82. The lowest BCUT2D eigenvalue weighted by atomic mass is 10.0. The van der Waals surface area contributed by atoms with Gasteiger partial charge in [0, 0.05) is 17.8 Å². The Labute approximate surface area is 314 Å². The highest BCUT2D eigenvalue weighted by atomic mass is 19.4. The van der Waals surface area contributed by atoms with Crippen LogP contribution in [-0.4, -0.2) is 99.3 Å². The molecule has 304 valence electrons. The molecule has 2 atom stereocenters. The van der Waals surface area contributed by atoms with E-state index in [1.807, 2.05) is 51.0 Å². The van der Waals surface area contributed by atoms with E-state index >= 15 is 0 Å². The van der Waals surface area contributed by atoms with Crippen molar-refractivity contribution in [3.63, 3.8) is 0 Å². The molecule has 1 amide bonds. The molecule has 2 unspecified atom stereocenters. The molecule has 0 saturated carbocycles. The molecular formula is C34H38F6N8O8. The molecule has 0 bridgehead atoms. The van der Waals surface area contributed by atoms with Gasteiger partial charge in [-0.2, -0.15) is 31.0 Å². The van der Waals surface area contributed by atoms with Crippen molar-refractivity contribution in [2.75, 3.05) is 32.6 Å². The number of anilines is 1. The van der Waals surface area contributed by atoms with Crippen molar-refractivity contribution in [1.82, 2.24) is 19.7 Å². The monoisotopic (exact) mass is 800 g/mol. The highest BCUT2D eigenvalue weighted by Gasteiger charge is 2.39. The summed E-state index contributed by atoms with van der Waals surface area (Å²) in [5.41, 5.74) is 13.1. The quantitative estimate of drug-likeness (QED) is 0.0573. The molecule has 0 spiro atoms. The fraction of sp³-hybridized carbons (Fsp3) is 0.294. The Bertz CT molecular complexity index is 2010. The van der Waals surface area contributed by atoms with Crippen molar-refractivity contribution in [2.45, 2.75) is 38.3 Å². The molecule has 0 aliphatic carbocycles. The Morgan fingerprint density at radius 1 is 0.946 bits per heavy atom. The van der Waals surface area contributed by atoms with Crippen LogP contribution in [0.2, 0.25) is 0 Å². The lowest BCUT2D eigenvalue weighted by Gasteiger charge is -2.23. The average Bonchev–Trinajstić information content (AvgIpc) is 3.48. The number of halogens is 6. The van der Waals surface area contributed by atoms with E-state index in [9.17, 15) is 35.9 Å². The third kappa shape index (κ3) is 13.7. The summed E-state index contributed by atoms with van der Waals surface area (Å²) in [6, 6.07) is 18.4. The molecule has 16 nitrogen and oxygen atoms in total. The number of aromatic nitrogens is 3. The summed E-state index contributed by atoms with van der Waals surface area (Å²) in [5, 5.41) is 29.9. The molecule has 3 aromatic carbocycles. The highest BCUT2D eigenvalue weighted by molar-refractivity contribution is 5.96. The third-order valence-corrected chi connectivity index (χ3v) is 6.85. The number of hydrogen-bond donors (Lipinski definition) is 7. The number of ether oxygens (including phenoxy) is 2. The number of benzene rings is 3. The molecular weight excluding hydrogens is 762 g/mol. The fourth-order valence-electron chi connectivity index (χ4n) is 4.56. The first-order valence-electron chi connectivity index (χ1n) is 15.9. The van der Waals surface area contributed by atoms with E-state index in [0.29, 0.717) is 29.4 Å². The molecule has 4 aromatic rings. The summed E-state index contributed by atoms with van der Waals surface area (Å²) in [6.07, 6.45) is -10.3. The van der Waals surface area contributed by atoms with Crippen molar-refractivity contribution in [1.29, 1.82) is 5.41 Å². The number of nitrogens with zero attached hydrogens (tertiary/aromatic N) is 3. The van der Waals surface area contributed by atoms with Crippen LogP contribution < -0.4 is 31.9 Å². The number of hydrogen-bond acceptors (Lipinski definition) is 10. The number of nitrogens with two attached hydrogens (primary N) is 2. The maximum Gasteiger partial charge on any atom is 0.490 e. The first-order chi connectivity index (χ1) is 26.0. The number of nitrogen functional groups attached to an aromatic ring is 1. The van der Waals surface area contributed by atoms with Crippen LogP contribution >= 0.6 is 0 Å². The van der Waals surface area contributed by atoms with Crippen molar-refractivity contribution in [2.24, 2.45) is 11.5 Å². The van der Waals surface area contributed by atoms with Crippen molar-refractivity contribution < 1.29 is 60.4 Å². The number of nitrogens with one attached hydrogen (secondary N) is 3. The van der Waals surface area contributed by atoms with Crippen molar-refractivity contribution >= 4 is 29.4 Å². The molecule has 56 heavy (non-hydrogen) atoms. The smallest absolute Gasteiger partial charge is 0.490 e. The van der Waals surface area contributed by atoms with Gasteiger partial charge in [0.25, 0.3) is 5.91 Å². The standard InChI is InChI=1S/C30H36N8O4.2C2HF3O2/c1-5-41-25-16-20(12-15-24(25)42-18(2)17-37(3)4)26(34-21-13-10-19(11-14-21)27(31)32)29-35-30(40)38(36-29)23-9-7-6-8-22(23)28(33)39;2*3-2(4,5)1(6)7/h6-16,18,26,34H,5,17H2,1-4H3,(H3,31,32)(H2,33,39)(H,35,36,40);2*(H,6,7). The molecule has 22 heteroatoms. The molecule has 0 aliphatic heterocycles. The molecule has 0 radical (unpaired) electrons. The van der Waals surface area contributed by atoms with Crippen LogP contribution in [0.5, 0.6) is 11.5 Å². The van der Waals surface area contributed by atoms with Gasteiger partial charge >= 0.3 is 30.0 Å². The van der Waals surface area contributed by atoms with Gasteiger partial charge in [0.2, 0.25) is 0 Å². The van der Waals surface area contributed by atoms with Gasteiger partial charge in [0.15, 0.2) is 17.3 Å². The van der Waals surface area contributed by atoms with E-state index in [4.69, 9.17) is 46.2 Å². The Morgan fingerprint density at radius 3 is 1.98 bits per heavy atom. The summed E-state index contributed by atoms with van der Waals surface area (Å²) < 4.78 is 76.7. The molecule has 9 N–H and O–H groups in total. The number of H-pyrrole nitrogens is 1. The summed E-state index contributed by atoms with van der Waals surface area (Å²) >= 11 is 0. The number of amides is 1. The number of carbonyl (C=O) groups excluding carboxylic acids is 1. The lowest BCUT2D eigenvalue weighted by molar-refractivity contribution is -0.193. The number of carboxylic acids is 2. The molecule has 4 rings (SSSR count). The number of aliphatic carboxylic acids is 2. The van der Waals surface area contributed by atoms with E-state index in [0.717, 1.165) is 16.8 Å². The first kappa shape index (κ1) is 45.6. The minimum atomic E-state index is -5.08. The second kappa shape index (κ2) is 19.7. The largest absolute Gasteiger partial charge is 0.490 e. The molecule has 1 heterocycles. The minimum absolute atomic E-state index is 0.0465. The highest BCUT2D eigenvalue weighted by Crippen LogP contribution is 2.34. The number of para-hydroxylation sites is 1. The minimum Gasteiger partial charge on any atom is -0.490 e. The predicted molar refractivity (Wildman–Crippen MR) is 189 cm³/mol. The van der Waals surface area contributed by atoms with E-state index < -0.39 is 41.9 Å². The van der Waals surface area contributed by atoms with Crippen molar-refractivity contribution in [3.8, 4) is 17.2 Å². The second-order valence-corrected chi connectivity index (χ2v) is 11.6. The van der Waals surface area contributed by atoms with Gasteiger partial charge in [0.1, 0.15) is 18.0 Å². The Hall–Kier alpha value is -6.58. The van der Waals surface area contributed by atoms with Gasteiger partial charge in [-0.3, -0.25) is 15.2 Å². The molecule has 1 aromatic heterocycles. The predicted octanol–water partition coefficient (Wildman–Crippen LogP) is 4.14. The lowest BCUT2D eigenvalue weighted by Crippen LogP contribution is -2.28. The molecule has 0 aliphatic rings. The maximum absolute atomic E-state index is 13.1. The second-order valence-electron chi connectivity index (χ2n) is 11.6.